The number of anilines is 1. The lowest BCUT2D eigenvalue weighted by molar-refractivity contribution is 0.574. The minimum Gasteiger partial charge on any atom is -0.381 e. The molecular formula is C16H17F2N. The third-order valence-corrected chi connectivity index (χ3v) is 3.05. The van der Waals surface area contributed by atoms with Crippen molar-refractivity contribution in [2.24, 2.45) is 0 Å². The minimum absolute atomic E-state index is 0.341. The van der Waals surface area contributed by atoms with Gasteiger partial charge in [-0.25, -0.2) is 8.78 Å². The summed E-state index contributed by atoms with van der Waals surface area (Å²) in [6.07, 6.45) is 0. The van der Waals surface area contributed by atoms with Crippen molar-refractivity contribution in [2.75, 3.05) is 5.32 Å². The summed E-state index contributed by atoms with van der Waals surface area (Å²) < 4.78 is 26.3. The molecule has 0 saturated carbocycles. The highest BCUT2D eigenvalue weighted by atomic mass is 19.1. The molecule has 0 heterocycles. The molecule has 2 aromatic rings. The first-order valence-corrected chi connectivity index (χ1v) is 6.34. The van der Waals surface area contributed by atoms with Crippen molar-refractivity contribution >= 4 is 5.69 Å². The van der Waals surface area contributed by atoms with Gasteiger partial charge in [-0.2, -0.15) is 0 Å². The van der Waals surface area contributed by atoms with Crippen molar-refractivity contribution in [1.82, 2.24) is 0 Å². The first-order valence-electron chi connectivity index (χ1n) is 6.34. The van der Waals surface area contributed by atoms with Crippen molar-refractivity contribution in [3.63, 3.8) is 0 Å². The monoisotopic (exact) mass is 261 g/mol. The Balaban J connectivity index is 2.08. The summed E-state index contributed by atoms with van der Waals surface area (Å²) >= 11 is 0. The van der Waals surface area contributed by atoms with Crippen LogP contribution in [0.4, 0.5) is 14.5 Å². The second-order valence-corrected chi connectivity index (χ2v) is 4.87. The summed E-state index contributed by atoms with van der Waals surface area (Å²) in [5, 5.41) is 3.15. The summed E-state index contributed by atoms with van der Waals surface area (Å²) in [7, 11) is 0. The standard InChI is InChI=1S/C16H17F2N/c1-11(2)12-4-3-5-15(8-12)19-10-13-6-7-14(17)9-16(13)18/h3-9,11,19H,10H2,1-2H3. The summed E-state index contributed by atoms with van der Waals surface area (Å²) in [6, 6.07) is 11.7. The Labute approximate surface area is 112 Å². The van der Waals surface area contributed by atoms with E-state index in [-0.39, 0.29) is 0 Å². The molecule has 2 rings (SSSR count). The Morgan fingerprint density at radius 2 is 1.84 bits per heavy atom. The van der Waals surface area contributed by atoms with Crippen molar-refractivity contribution in [3.8, 4) is 0 Å². The number of nitrogens with one attached hydrogen (secondary N) is 1. The number of hydrogen-bond donors (Lipinski definition) is 1. The van der Waals surface area contributed by atoms with Crippen LogP contribution in [0.15, 0.2) is 42.5 Å². The van der Waals surface area contributed by atoms with Gasteiger partial charge in [-0.05, 0) is 29.7 Å². The molecule has 0 aliphatic rings. The second-order valence-electron chi connectivity index (χ2n) is 4.87. The highest BCUT2D eigenvalue weighted by Gasteiger charge is 2.04. The summed E-state index contributed by atoms with van der Waals surface area (Å²) in [4.78, 5) is 0. The quantitative estimate of drug-likeness (QED) is 0.841. The molecule has 0 bridgehead atoms. The van der Waals surface area contributed by atoms with Crippen molar-refractivity contribution in [1.29, 1.82) is 0 Å². The van der Waals surface area contributed by atoms with E-state index >= 15 is 0 Å². The maximum Gasteiger partial charge on any atom is 0.131 e. The molecule has 0 saturated heterocycles. The zero-order chi connectivity index (χ0) is 13.8. The van der Waals surface area contributed by atoms with Crippen LogP contribution in [0, 0.1) is 11.6 Å². The summed E-state index contributed by atoms with van der Waals surface area (Å²) in [5.41, 5.74) is 2.62. The fourth-order valence-corrected chi connectivity index (χ4v) is 1.87. The molecule has 0 spiro atoms. The van der Waals surface area contributed by atoms with Crippen molar-refractivity contribution in [2.45, 2.75) is 26.3 Å². The van der Waals surface area contributed by atoms with Gasteiger partial charge in [0.15, 0.2) is 0 Å². The first kappa shape index (κ1) is 13.5. The van der Waals surface area contributed by atoms with E-state index in [4.69, 9.17) is 0 Å². The van der Waals surface area contributed by atoms with E-state index in [1.54, 1.807) is 0 Å². The van der Waals surface area contributed by atoms with Gasteiger partial charge in [-0.15, -0.1) is 0 Å². The van der Waals surface area contributed by atoms with Crippen LogP contribution in [0.2, 0.25) is 0 Å². The van der Waals surface area contributed by atoms with E-state index < -0.39 is 11.6 Å². The Morgan fingerprint density at radius 3 is 2.53 bits per heavy atom. The van der Waals surface area contributed by atoms with E-state index in [9.17, 15) is 8.78 Å². The Morgan fingerprint density at radius 1 is 1.05 bits per heavy atom. The molecule has 100 valence electrons. The van der Waals surface area contributed by atoms with Gasteiger partial charge < -0.3 is 5.32 Å². The lowest BCUT2D eigenvalue weighted by Gasteiger charge is -2.11. The van der Waals surface area contributed by atoms with Crippen LogP contribution >= 0.6 is 0 Å². The predicted molar refractivity (Wildman–Crippen MR) is 74.2 cm³/mol. The van der Waals surface area contributed by atoms with Gasteiger partial charge in [0, 0.05) is 23.9 Å². The largest absolute Gasteiger partial charge is 0.381 e. The van der Waals surface area contributed by atoms with E-state index in [2.05, 4.69) is 25.2 Å². The normalized spacial score (nSPS) is 10.8. The number of hydrogen-bond acceptors (Lipinski definition) is 1. The molecular weight excluding hydrogens is 244 g/mol. The van der Waals surface area contributed by atoms with Gasteiger partial charge in [-0.1, -0.05) is 32.0 Å². The van der Waals surface area contributed by atoms with Gasteiger partial charge in [0.05, 0.1) is 0 Å². The molecule has 1 nitrogen and oxygen atoms in total. The lowest BCUT2D eigenvalue weighted by Crippen LogP contribution is -2.02. The third-order valence-electron chi connectivity index (χ3n) is 3.05. The maximum absolute atomic E-state index is 13.5. The molecule has 0 atom stereocenters. The molecule has 0 aliphatic heterocycles. The summed E-state index contributed by atoms with van der Waals surface area (Å²) in [6.45, 7) is 4.59. The van der Waals surface area contributed by atoms with Crippen LogP contribution in [0.3, 0.4) is 0 Å². The second kappa shape index (κ2) is 5.83. The van der Waals surface area contributed by atoms with Gasteiger partial charge in [0.1, 0.15) is 11.6 Å². The molecule has 0 aromatic heterocycles. The number of halogens is 2. The number of rotatable bonds is 4. The Hall–Kier alpha value is -1.90. The molecule has 3 heteroatoms. The van der Waals surface area contributed by atoms with Crippen LogP contribution in [-0.2, 0) is 6.54 Å². The average molecular weight is 261 g/mol. The smallest absolute Gasteiger partial charge is 0.131 e. The molecule has 0 aliphatic carbocycles. The van der Waals surface area contributed by atoms with Crippen LogP contribution in [0.1, 0.15) is 30.9 Å². The van der Waals surface area contributed by atoms with Gasteiger partial charge in [-0.3, -0.25) is 0 Å². The SMILES string of the molecule is CC(C)c1cccc(NCc2ccc(F)cc2F)c1. The van der Waals surface area contributed by atoms with Crippen LogP contribution in [-0.4, -0.2) is 0 Å². The van der Waals surface area contributed by atoms with E-state index in [0.717, 1.165) is 11.8 Å². The lowest BCUT2D eigenvalue weighted by atomic mass is 10.0. The van der Waals surface area contributed by atoms with Crippen molar-refractivity contribution < 1.29 is 8.78 Å². The minimum atomic E-state index is -0.553. The van der Waals surface area contributed by atoms with E-state index in [1.165, 1.54) is 17.7 Å². The molecule has 0 unspecified atom stereocenters. The Kier molecular flexibility index (Phi) is 4.15. The highest BCUT2D eigenvalue weighted by Crippen LogP contribution is 2.19. The van der Waals surface area contributed by atoms with Gasteiger partial charge in [0.2, 0.25) is 0 Å². The summed E-state index contributed by atoms with van der Waals surface area (Å²) in [5.74, 6) is -0.625. The fraction of sp³-hybridized carbons (Fsp3) is 0.250. The molecule has 1 N–H and O–H groups in total. The van der Waals surface area contributed by atoms with E-state index in [0.29, 0.717) is 18.0 Å². The van der Waals surface area contributed by atoms with Gasteiger partial charge in [0.25, 0.3) is 0 Å². The van der Waals surface area contributed by atoms with Crippen LogP contribution in [0.25, 0.3) is 0 Å². The zero-order valence-electron chi connectivity index (χ0n) is 11.1. The first-order chi connectivity index (χ1) is 9.06. The molecule has 2 aromatic carbocycles. The van der Waals surface area contributed by atoms with Crippen molar-refractivity contribution in [3.05, 3.63) is 65.2 Å². The molecule has 19 heavy (non-hydrogen) atoms. The Bertz CT molecular complexity index is 564. The van der Waals surface area contributed by atoms with Gasteiger partial charge >= 0.3 is 0 Å². The fourth-order valence-electron chi connectivity index (χ4n) is 1.87. The highest BCUT2D eigenvalue weighted by molar-refractivity contribution is 5.47. The molecule has 0 fully saturated rings. The van der Waals surface area contributed by atoms with Crippen LogP contribution < -0.4 is 5.32 Å². The van der Waals surface area contributed by atoms with E-state index in [1.807, 2.05) is 18.2 Å². The number of benzene rings is 2. The predicted octanol–water partition coefficient (Wildman–Crippen LogP) is 4.70. The third kappa shape index (κ3) is 3.53. The van der Waals surface area contributed by atoms with Crippen LogP contribution in [0.5, 0.6) is 0 Å². The maximum atomic E-state index is 13.5. The molecule has 0 amide bonds. The average Bonchev–Trinajstić information content (AvgIpc) is 2.38. The zero-order valence-corrected chi connectivity index (χ0v) is 11.1. The topological polar surface area (TPSA) is 12.0 Å². The molecule has 0 radical (unpaired) electrons.